The smallest absolute Gasteiger partial charge is 0.407 e. The molecular formula is C17H30N2O4. The van der Waals surface area contributed by atoms with E-state index in [0.29, 0.717) is 17.9 Å². The number of methoxy groups -OCH3 is 2. The van der Waals surface area contributed by atoms with Gasteiger partial charge in [-0.05, 0) is 38.0 Å². The van der Waals surface area contributed by atoms with Crippen molar-refractivity contribution < 1.29 is 19.1 Å². The second-order valence-corrected chi connectivity index (χ2v) is 7.11. The monoisotopic (exact) mass is 326 g/mol. The number of likely N-dealkylation sites (tertiary alicyclic amines) is 1. The molecule has 0 aromatic heterocycles. The fourth-order valence-electron chi connectivity index (χ4n) is 4.11. The Hall–Kier alpha value is -1.30. The third kappa shape index (κ3) is 3.62. The van der Waals surface area contributed by atoms with E-state index in [1.165, 1.54) is 20.0 Å². The summed E-state index contributed by atoms with van der Waals surface area (Å²) in [4.78, 5) is 26.9. The Balaban J connectivity index is 2.23. The highest BCUT2D eigenvalue weighted by atomic mass is 16.5. The lowest BCUT2D eigenvalue weighted by Crippen LogP contribution is -2.57. The van der Waals surface area contributed by atoms with Crippen molar-refractivity contribution in [2.45, 2.75) is 70.7 Å². The SMILES string of the molecule is COC(=O)N[C@H](C(=O)N1C(C(C)C)C[C@@H]2CCC[C@@H]21)C(C)OC. The molecule has 0 radical (unpaired) electrons. The van der Waals surface area contributed by atoms with Gasteiger partial charge < -0.3 is 19.7 Å². The van der Waals surface area contributed by atoms with Gasteiger partial charge >= 0.3 is 6.09 Å². The molecule has 0 spiro atoms. The van der Waals surface area contributed by atoms with E-state index in [1.54, 1.807) is 14.0 Å². The Morgan fingerprint density at radius 1 is 1.17 bits per heavy atom. The van der Waals surface area contributed by atoms with Gasteiger partial charge in [-0.1, -0.05) is 20.3 Å². The predicted octanol–water partition coefficient (Wildman–Crippen LogP) is 2.17. The van der Waals surface area contributed by atoms with Crippen molar-refractivity contribution in [3.8, 4) is 0 Å². The van der Waals surface area contributed by atoms with Crippen LogP contribution in [0.4, 0.5) is 4.79 Å². The summed E-state index contributed by atoms with van der Waals surface area (Å²) in [7, 11) is 2.85. The Kier molecular flexibility index (Phi) is 5.89. The first kappa shape index (κ1) is 18.0. The Labute approximate surface area is 138 Å². The van der Waals surface area contributed by atoms with E-state index >= 15 is 0 Å². The molecule has 2 aliphatic rings. The largest absolute Gasteiger partial charge is 0.453 e. The molecule has 2 unspecified atom stereocenters. The van der Waals surface area contributed by atoms with Crippen molar-refractivity contribution in [3.63, 3.8) is 0 Å². The lowest BCUT2D eigenvalue weighted by molar-refractivity contribution is -0.140. The van der Waals surface area contributed by atoms with E-state index in [0.717, 1.165) is 12.8 Å². The van der Waals surface area contributed by atoms with E-state index in [1.807, 2.05) is 4.90 Å². The van der Waals surface area contributed by atoms with E-state index in [9.17, 15) is 9.59 Å². The lowest BCUT2D eigenvalue weighted by atomic mass is 9.96. The number of carbonyl (C=O) groups excluding carboxylic acids is 2. The number of ether oxygens (including phenoxy) is 2. The quantitative estimate of drug-likeness (QED) is 0.841. The van der Waals surface area contributed by atoms with Crippen LogP contribution in [0, 0.1) is 11.8 Å². The molecule has 1 N–H and O–H groups in total. The van der Waals surface area contributed by atoms with Crippen LogP contribution < -0.4 is 5.32 Å². The van der Waals surface area contributed by atoms with E-state index in [-0.39, 0.29) is 11.9 Å². The van der Waals surface area contributed by atoms with Crippen LogP contribution in [0.2, 0.25) is 0 Å². The Morgan fingerprint density at radius 2 is 1.87 bits per heavy atom. The van der Waals surface area contributed by atoms with Crippen molar-refractivity contribution in [1.29, 1.82) is 0 Å². The first-order valence-electron chi connectivity index (χ1n) is 8.60. The maximum absolute atomic E-state index is 13.2. The van der Waals surface area contributed by atoms with E-state index in [4.69, 9.17) is 4.74 Å². The number of nitrogens with zero attached hydrogens (tertiary/aromatic N) is 1. The maximum atomic E-state index is 13.2. The zero-order valence-corrected chi connectivity index (χ0v) is 14.9. The van der Waals surface area contributed by atoms with Crippen molar-refractivity contribution >= 4 is 12.0 Å². The van der Waals surface area contributed by atoms with E-state index < -0.39 is 18.2 Å². The maximum Gasteiger partial charge on any atom is 0.407 e. The summed E-state index contributed by atoms with van der Waals surface area (Å²) in [5.41, 5.74) is 0. The van der Waals surface area contributed by atoms with Crippen molar-refractivity contribution in [1.82, 2.24) is 10.2 Å². The molecule has 1 aliphatic carbocycles. The average Bonchev–Trinajstić information content (AvgIpc) is 3.11. The fraction of sp³-hybridized carbons (Fsp3) is 0.882. The number of fused-ring (bicyclic) bond motifs is 1. The van der Waals surface area contributed by atoms with Gasteiger partial charge in [-0.2, -0.15) is 0 Å². The van der Waals surface area contributed by atoms with Gasteiger partial charge in [0, 0.05) is 19.2 Å². The summed E-state index contributed by atoms with van der Waals surface area (Å²) < 4.78 is 10.0. The second-order valence-electron chi connectivity index (χ2n) is 7.11. The molecular weight excluding hydrogens is 296 g/mol. The zero-order valence-electron chi connectivity index (χ0n) is 14.9. The summed E-state index contributed by atoms with van der Waals surface area (Å²) in [5.74, 6) is 0.960. The van der Waals surface area contributed by atoms with Gasteiger partial charge in [0.25, 0.3) is 0 Å². The van der Waals surface area contributed by atoms with Gasteiger partial charge in [-0.15, -0.1) is 0 Å². The molecule has 132 valence electrons. The van der Waals surface area contributed by atoms with Gasteiger partial charge in [0.15, 0.2) is 0 Å². The van der Waals surface area contributed by atoms with Gasteiger partial charge in [0.1, 0.15) is 6.04 Å². The summed E-state index contributed by atoms with van der Waals surface area (Å²) in [6, 6.07) is -0.169. The highest BCUT2D eigenvalue weighted by molar-refractivity contribution is 5.87. The molecule has 0 aromatic rings. The summed E-state index contributed by atoms with van der Waals surface area (Å²) >= 11 is 0. The standard InChI is InChI=1S/C17H30N2O4/c1-10(2)14-9-12-7-6-8-13(12)19(14)16(20)15(11(3)22-4)18-17(21)23-5/h10-15H,6-9H2,1-5H3,(H,18,21)/t11?,12-,13-,14?,15-/m0/s1. The van der Waals surface area contributed by atoms with Gasteiger partial charge in [0.05, 0.1) is 13.2 Å². The molecule has 0 bridgehead atoms. The number of amides is 2. The average molecular weight is 326 g/mol. The van der Waals surface area contributed by atoms with Gasteiger partial charge in [-0.3, -0.25) is 4.79 Å². The fourth-order valence-corrected chi connectivity index (χ4v) is 4.11. The topological polar surface area (TPSA) is 67.9 Å². The predicted molar refractivity (Wildman–Crippen MR) is 87.0 cm³/mol. The minimum Gasteiger partial charge on any atom is -0.453 e. The van der Waals surface area contributed by atoms with E-state index in [2.05, 4.69) is 23.9 Å². The first-order valence-corrected chi connectivity index (χ1v) is 8.60. The van der Waals surface area contributed by atoms with Gasteiger partial charge in [-0.25, -0.2) is 4.79 Å². The molecule has 6 heteroatoms. The molecule has 1 aliphatic heterocycles. The molecule has 23 heavy (non-hydrogen) atoms. The third-order valence-corrected chi connectivity index (χ3v) is 5.47. The minimum atomic E-state index is -0.715. The lowest BCUT2D eigenvalue weighted by Gasteiger charge is -2.36. The number of carbonyl (C=O) groups is 2. The van der Waals surface area contributed by atoms with Crippen molar-refractivity contribution in [3.05, 3.63) is 0 Å². The molecule has 1 saturated heterocycles. The number of hydrogen-bond acceptors (Lipinski definition) is 4. The van der Waals surface area contributed by atoms with Crippen molar-refractivity contribution in [2.75, 3.05) is 14.2 Å². The molecule has 6 nitrogen and oxygen atoms in total. The molecule has 1 saturated carbocycles. The number of alkyl carbamates (subject to hydrolysis) is 1. The summed E-state index contributed by atoms with van der Waals surface area (Å²) in [6.45, 7) is 6.12. The molecule has 2 amide bonds. The van der Waals surface area contributed by atoms with Crippen LogP contribution in [0.3, 0.4) is 0 Å². The number of nitrogens with one attached hydrogen (secondary N) is 1. The third-order valence-electron chi connectivity index (χ3n) is 5.47. The van der Waals surface area contributed by atoms with Crippen molar-refractivity contribution in [2.24, 2.45) is 11.8 Å². The Morgan fingerprint density at radius 3 is 2.43 bits per heavy atom. The van der Waals surface area contributed by atoms with Crippen LogP contribution in [-0.2, 0) is 14.3 Å². The number of hydrogen-bond donors (Lipinski definition) is 1. The normalized spacial score (nSPS) is 29.3. The van der Waals surface area contributed by atoms with Crippen LogP contribution in [0.1, 0.15) is 46.5 Å². The van der Waals surface area contributed by atoms with Crippen LogP contribution in [-0.4, -0.2) is 55.3 Å². The van der Waals surface area contributed by atoms with Crippen LogP contribution in [0.25, 0.3) is 0 Å². The van der Waals surface area contributed by atoms with Crippen LogP contribution >= 0.6 is 0 Å². The highest BCUT2D eigenvalue weighted by Crippen LogP contribution is 2.43. The molecule has 1 heterocycles. The molecule has 2 rings (SSSR count). The number of rotatable bonds is 5. The first-order chi connectivity index (χ1) is 10.9. The Bertz CT molecular complexity index is 440. The molecule has 0 aromatic carbocycles. The molecule has 2 fully saturated rings. The van der Waals surface area contributed by atoms with Crippen LogP contribution in [0.5, 0.6) is 0 Å². The molecule has 5 atom stereocenters. The zero-order chi connectivity index (χ0) is 17.1. The van der Waals surface area contributed by atoms with Crippen LogP contribution in [0.15, 0.2) is 0 Å². The minimum absolute atomic E-state index is 0.0437. The summed E-state index contributed by atoms with van der Waals surface area (Å²) in [6.07, 6.45) is 3.50. The highest BCUT2D eigenvalue weighted by Gasteiger charge is 2.48. The van der Waals surface area contributed by atoms with Gasteiger partial charge in [0.2, 0.25) is 5.91 Å². The second kappa shape index (κ2) is 7.51. The summed E-state index contributed by atoms with van der Waals surface area (Å²) in [5, 5.41) is 2.66.